The topological polar surface area (TPSA) is 30.7 Å². The van der Waals surface area contributed by atoms with E-state index in [0.29, 0.717) is 0 Å². The Labute approximate surface area is 260 Å². The lowest BCUT2D eigenvalue weighted by molar-refractivity contribution is 1.18. The zero-order valence-corrected chi connectivity index (χ0v) is 24.4. The number of rotatable bonds is 4. The summed E-state index contributed by atoms with van der Waals surface area (Å²) in [6.45, 7) is 0. The summed E-state index contributed by atoms with van der Waals surface area (Å²) in [6, 6.07) is 54.2. The van der Waals surface area contributed by atoms with E-state index in [0.717, 1.165) is 33.7 Å². The molecule has 3 heteroatoms. The smallest absolute Gasteiger partial charge is 0.0725 e. The van der Waals surface area contributed by atoms with Gasteiger partial charge >= 0.3 is 0 Å². The average Bonchev–Trinajstić information content (AvgIpc) is 3.45. The van der Waals surface area contributed by atoms with E-state index in [2.05, 4.69) is 155 Å². The predicted molar refractivity (Wildman–Crippen MR) is 188 cm³/mol. The van der Waals surface area contributed by atoms with Gasteiger partial charge in [0.15, 0.2) is 0 Å². The van der Waals surface area contributed by atoms with Gasteiger partial charge < -0.3 is 4.57 Å². The maximum Gasteiger partial charge on any atom is 0.0725 e. The van der Waals surface area contributed by atoms with E-state index in [1.807, 2.05) is 12.3 Å². The quantitative estimate of drug-likeness (QED) is 0.210. The molecule has 0 aliphatic rings. The van der Waals surface area contributed by atoms with Crippen LogP contribution in [0.1, 0.15) is 0 Å². The van der Waals surface area contributed by atoms with E-state index >= 15 is 0 Å². The Morgan fingerprint density at radius 3 is 2.07 bits per heavy atom. The van der Waals surface area contributed by atoms with Gasteiger partial charge in [-0.3, -0.25) is 4.98 Å². The predicted octanol–water partition coefficient (Wildman–Crippen LogP) is 10.9. The highest BCUT2D eigenvalue weighted by Crippen LogP contribution is 2.42. The molecule has 45 heavy (non-hydrogen) atoms. The number of nitrogens with zero attached hydrogens (tertiary/aromatic N) is 3. The minimum Gasteiger partial charge on any atom is -0.309 e. The van der Waals surface area contributed by atoms with Gasteiger partial charge in [0.2, 0.25) is 0 Å². The molecule has 0 aliphatic carbocycles. The van der Waals surface area contributed by atoms with Crippen LogP contribution in [-0.2, 0) is 0 Å². The fourth-order valence-corrected chi connectivity index (χ4v) is 6.75. The first-order valence-electron chi connectivity index (χ1n) is 15.2. The van der Waals surface area contributed by atoms with Crippen molar-refractivity contribution in [3.63, 3.8) is 0 Å². The highest BCUT2D eigenvalue weighted by atomic mass is 15.0. The highest BCUT2D eigenvalue weighted by molar-refractivity contribution is 6.24. The van der Waals surface area contributed by atoms with Crippen molar-refractivity contribution >= 4 is 43.4 Å². The molecule has 0 aliphatic heterocycles. The molecule has 9 rings (SSSR count). The molecule has 3 aromatic heterocycles. The van der Waals surface area contributed by atoms with Crippen molar-refractivity contribution in [1.29, 1.82) is 0 Å². The first kappa shape index (κ1) is 25.4. The van der Waals surface area contributed by atoms with Crippen LogP contribution in [0.2, 0.25) is 0 Å². The Morgan fingerprint density at radius 2 is 1.20 bits per heavy atom. The lowest BCUT2D eigenvalue weighted by Gasteiger charge is -2.12. The maximum atomic E-state index is 5.16. The summed E-state index contributed by atoms with van der Waals surface area (Å²) < 4.78 is 2.41. The van der Waals surface area contributed by atoms with Crippen molar-refractivity contribution in [3.8, 4) is 39.3 Å². The molecule has 0 amide bonds. The molecule has 0 saturated heterocycles. The summed E-state index contributed by atoms with van der Waals surface area (Å²) in [4.78, 5) is 9.48. The van der Waals surface area contributed by atoms with Gasteiger partial charge in [-0.25, -0.2) is 4.98 Å². The van der Waals surface area contributed by atoms with Crippen LogP contribution >= 0.6 is 0 Å². The van der Waals surface area contributed by atoms with Crippen molar-refractivity contribution in [1.82, 2.24) is 14.5 Å². The molecule has 0 radical (unpaired) electrons. The number of para-hydroxylation sites is 1. The van der Waals surface area contributed by atoms with Crippen LogP contribution in [0.5, 0.6) is 0 Å². The van der Waals surface area contributed by atoms with Gasteiger partial charge in [0.05, 0.1) is 22.4 Å². The van der Waals surface area contributed by atoms with Crippen LogP contribution in [0.25, 0.3) is 82.7 Å². The van der Waals surface area contributed by atoms with E-state index in [1.54, 1.807) is 6.20 Å². The van der Waals surface area contributed by atoms with Gasteiger partial charge in [-0.05, 0) is 87.3 Å². The zero-order valence-electron chi connectivity index (χ0n) is 24.4. The molecular weight excluding hydrogens is 546 g/mol. The minimum absolute atomic E-state index is 0.911. The lowest BCUT2D eigenvalue weighted by atomic mass is 9.96. The average molecular weight is 574 g/mol. The summed E-state index contributed by atoms with van der Waals surface area (Å²) in [5.74, 6) is 0. The molecule has 3 nitrogen and oxygen atoms in total. The van der Waals surface area contributed by atoms with Crippen LogP contribution in [-0.4, -0.2) is 14.5 Å². The Kier molecular flexibility index (Phi) is 5.82. The SMILES string of the molecule is c1ccc(-n2c3cc(-c4ccc5ccccc5c4)ccc3c3c4ccccc4c(-c4cccc(-c5cccnc5)n4)cc32)cc1. The van der Waals surface area contributed by atoms with Crippen LogP contribution in [0.4, 0.5) is 0 Å². The summed E-state index contributed by atoms with van der Waals surface area (Å²) in [6.07, 6.45) is 3.66. The summed E-state index contributed by atoms with van der Waals surface area (Å²) in [5, 5.41) is 7.39. The lowest BCUT2D eigenvalue weighted by Crippen LogP contribution is -1.95. The Hall–Kier alpha value is -6.06. The van der Waals surface area contributed by atoms with Gasteiger partial charge in [0.25, 0.3) is 0 Å². The zero-order chi connectivity index (χ0) is 29.7. The van der Waals surface area contributed by atoms with E-state index in [9.17, 15) is 0 Å². The van der Waals surface area contributed by atoms with E-state index in [4.69, 9.17) is 4.98 Å². The van der Waals surface area contributed by atoms with Crippen LogP contribution in [0.3, 0.4) is 0 Å². The van der Waals surface area contributed by atoms with Crippen molar-refractivity contribution in [2.24, 2.45) is 0 Å². The van der Waals surface area contributed by atoms with Gasteiger partial charge in [0.1, 0.15) is 0 Å². The molecule has 0 saturated carbocycles. The molecule has 6 aromatic carbocycles. The molecule has 0 atom stereocenters. The largest absolute Gasteiger partial charge is 0.309 e. The maximum absolute atomic E-state index is 5.16. The third-order valence-electron chi connectivity index (χ3n) is 8.85. The molecule has 0 unspecified atom stereocenters. The number of benzene rings is 6. The van der Waals surface area contributed by atoms with Crippen LogP contribution < -0.4 is 0 Å². The third kappa shape index (κ3) is 4.21. The Bertz CT molecular complexity index is 2530. The molecule has 210 valence electrons. The first-order valence-corrected chi connectivity index (χ1v) is 15.2. The number of aromatic nitrogens is 3. The molecule has 0 N–H and O–H groups in total. The van der Waals surface area contributed by atoms with Crippen molar-refractivity contribution < 1.29 is 0 Å². The van der Waals surface area contributed by atoms with Gasteiger partial charge in [0, 0.05) is 40.0 Å². The monoisotopic (exact) mass is 573 g/mol. The van der Waals surface area contributed by atoms with Gasteiger partial charge in [-0.15, -0.1) is 0 Å². The second-order valence-corrected chi connectivity index (χ2v) is 11.5. The van der Waals surface area contributed by atoms with Crippen molar-refractivity contribution in [2.75, 3.05) is 0 Å². The number of fused-ring (bicyclic) bond motifs is 6. The number of hydrogen-bond donors (Lipinski definition) is 0. The first-order chi connectivity index (χ1) is 22.3. The Balaban J connectivity index is 1.35. The standard InChI is InChI=1S/C42H27N3/c1-2-13-33(14-3-1)45-40-25-31(30-20-19-28-10-4-5-11-29(28)24-30)21-22-36(40)42-35-16-7-6-15-34(35)37(26-41(42)45)39-18-8-17-38(44-39)32-12-9-23-43-27-32/h1-27H. The van der Waals surface area contributed by atoms with E-state index < -0.39 is 0 Å². The fourth-order valence-electron chi connectivity index (χ4n) is 6.75. The summed E-state index contributed by atoms with van der Waals surface area (Å²) >= 11 is 0. The molecule has 0 spiro atoms. The molecule has 9 aromatic rings. The molecular formula is C42H27N3. The third-order valence-corrected chi connectivity index (χ3v) is 8.85. The second kappa shape index (κ2) is 10.3. The van der Waals surface area contributed by atoms with E-state index in [1.165, 1.54) is 49.0 Å². The molecule has 0 bridgehead atoms. The van der Waals surface area contributed by atoms with Crippen molar-refractivity contribution in [3.05, 3.63) is 164 Å². The number of pyridine rings is 2. The number of hydrogen-bond acceptors (Lipinski definition) is 2. The normalized spacial score (nSPS) is 11.6. The highest BCUT2D eigenvalue weighted by Gasteiger charge is 2.19. The minimum atomic E-state index is 0.911. The molecule has 3 heterocycles. The van der Waals surface area contributed by atoms with Crippen LogP contribution in [0.15, 0.2) is 164 Å². The fraction of sp³-hybridized carbons (Fsp3) is 0. The van der Waals surface area contributed by atoms with Gasteiger partial charge in [-0.1, -0.05) is 97.1 Å². The van der Waals surface area contributed by atoms with Crippen molar-refractivity contribution in [2.45, 2.75) is 0 Å². The molecule has 0 fully saturated rings. The van der Waals surface area contributed by atoms with Gasteiger partial charge in [-0.2, -0.15) is 0 Å². The van der Waals surface area contributed by atoms with Crippen LogP contribution in [0, 0.1) is 0 Å². The van der Waals surface area contributed by atoms with E-state index in [-0.39, 0.29) is 0 Å². The summed E-state index contributed by atoms with van der Waals surface area (Å²) in [7, 11) is 0. The Morgan fingerprint density at radius 1 is 0.444 bits per heavy atom. The second-order valence-electron chi connectivity index (χ2n) is 11.5. The summed E-state index contributed by atoms with van der Waals surface area (Å²) in [5.41, 5.74) is 9.85.